The number of nitrogens with one attached hydrogen (secondary N) is 2. The molecule has 0 saturated heterocycles. The highest BCUT2D eigenvalue weighted by molar-refractivity contribution is 7.90. The van der Waals surface area contributed by atoms with Crippen molar-refractivity contribution in [1.82, 2.24) is 9.78 Å². The van der Waals surface area contributed by atoms with Gasteiger partial charge in [-0.15, -0.1) is 0 Å². The lowest BCUT2D eigenvalue weighted by Crippen LogP contribution is -2.41. The standard InChI is InChI=1S/C20H22F3N5O4S/c21-20(22,23)19(30)6-5-11-9-10-3-1-4-12(10)14(13(11)19)26-17(29)15-16(33(24,25)31)18-28(27-15)7-2-8-32-18/h9,30H,1-8H2,(H,26,29)(H3,24,25,31)/t19-/m0/s1. The van der Waals surface area contributed by atoms with Gasteiger partial charge in [0, 0.05) is 18.5 Å². The number of nitrogens with zero attached hydrogens (tertiary/aromatic N) is 2. The van der Waals surface area contributed by atoms with Crippen molar-refractivity contribution in [3.05, 3.63) is 34.0 Å². The predicted octanol–water partition coefficient (Wildman–Crippen LogP) is 2.38. The largest absolute Gasteiger partial charge is 0.477 e. The number of ether oxygens (including phenoxy) is 1. The number of aliphatic hydroxyl groups is 1. The first-order valence-electron chi connectivity index (χ1n) is 10.5. The Morgan fingerprint density at radius 1 is 1.30 bits per heavy atom. The Morgan fingerprint density at radius 3 is 2.76 bits per heavy atom. The van der Waals surface area contributed by atoms with Crippen molar-refractivity contribution in [1.29, 1.82) is 4.78 Å². The molecule has 3 aliphatic rings. The number of aryl methyl sites for hydroxylation is 3. The molecule has 2 heterocycles. The number of amides is 1. The number of anilines is 1. The van der Waals surface area contributed by atoms with Crippen molar-refractivity contribution >= 4 is 21.5 Å². The first kappa shape index (κ1) is 22.2. The summed E-state index contributed by atoms with van der Waals surface area (Å²) in [4.78, 5) is 12.9. The zero-order valence-electron chi connectivity index (χ0n) is 17.4. The molecule has 0 fully saturated rings. The number of fused-ring (bicyclic) bond motifs is 3. The quantitative estimate of drug-likeness (QED) is 0.528. The van der Waals surface area contributed by atoms with Gasteiger partial charge in [-0.3, -0.25) is 4.79 Å². The van der Waals surface area contributed by atoms with Crippen LogP contribution >= 0.6 is 0 Å². The summed E-state index contributed by atoms with van der Waals surface area (Å²) in [5, 5.41) is 22.8. The van der Waals surface area contributed by atoms with E-state index in [4.69, 9.17) is 14.7 Å². The fraction of sp³-hybridized carbons (Fsp3) is 0.500. The van der Waals surface area contributed by atoms with E-state index in [-0.39, 0.29) is 30.2 Å². The summed E-state index contributed by atoms with van der Waals surface area (Å²) in [5.41, 5.74) is -2.29. The van der Waals surface area contributed by atoms with E-state index in [2.05, 4.69) is 10.4 Å². The van der Waals surface area contributed by atoms with E-state index in [0.29, 0.717) is 43.4 Å². The van der Waals surface area contributed by atoms with E-state index in [0.717, 1.165) is 5.56 Å². The second-order valence-electron chi connectivity index (χ2n) is 8.60. The minimum Gasteiger partial charge on any atom is -0.477 e. The van der Waals surface area contributed by atoms with Gasteiger partial charge in [0.2, 0.25) is 5.88 Å². The number of halogens is 3. The number of rotatable bonds is 3. The molecule has 2 aromatic rings. The van der Waals surface area contributed by atoms with Crippen molar-refractivity contribution in [2.24, 2.45) is 5.14 Å². The monoisotopic (exact) mass is 485 g/mol. The second kappa shape index (κ2) is 7.18. The van der Waals surface area contributed by atoms with Crippen LogP contribution in [0.25, 0.3) is 0 Å². The van der Waals surface area contributed by atoms with Crippen LogP contribution in [0.15, 0.2) is 11.0 Å². The average molecular weight is 485 g/mol. The average Bonchev–Trinajstić information content (AvgIpc) is 3.42. The SMILES string of the molecule is N=S(N)(=O)c1c(C(=O)Nc2c3c(cc4c2[C@](O)(C(F)(F)F)CC4)CCC3)nn2c1OCCC2. The highest BCUT2D eigenvalue weighted by atomic mass is 32.2. The molecule has 1 amide bonds. The van der Waals surface area contributed by atoms with Crippen LogP contribution < -0.4 is 15.2 Å². The van der Waals surface area contributed by atoms with Gasteiger partial charge in [-0.05, 0) is 48.8 Å². The maximum Gasteiger partial charge on any atom is 0.421 e. The maximum absolute atomic E-state index is 13.9. The molecule has 2 atom stereocenters. The Hall–Kier alpha value is -2.64. The van der Waals surface area contributed by atoms with Gasteiger partial charge in [0.1, 0.15) is 9.92 Å². The van der Waals surface area contributed by atoms with Crippen LogP contribution in [-0.2, 0) is 41.3 Å². The minimum atomic E-state index is -4.94. The van der Waals surface area contributed by atoms with Gasteiger partial charge in [0.05, 0.1) is 12.3 Å². The number of carbonyl (C=O) groups is 1. The summed E-state index contributed by atoms with van der Waals surface area (Å²) in [6.07, 6.45) is -3.11. The van der Waals surface area contributed by atoms with E-state index in [1.54, 1.807) is 6.07 Å². The molecular weight excluding hydrogens is 463 g/mol. The van der Waals surface area contributed by atoms with Gasteiger partial charge in [-0.25, -0.2) is 18.8 Å². The van der Waals surface area contributed by atoms with Crippen LogP contribution in [0.4, 0.5) is 18.9 Å². The molecule has 1 aliphatic heterocycles. The van der Waals surface area contributed by atoms with Crippen molar-refractivity contribution in [3.63, 3.8) is 0 Å². The summed E-state index contributed by atoms with van der Waals surface area (Å²) in [6.45, 7) is 0.600. The molecule has 9 nitrogen and oxygen atoms in total. The van der Waals surface area contributed by atoms with Crippen molar-refractivity contribution in [2.75, 3.05) is 11.9 Å². The molecule has 0 bridgehead atoms. The Balaban J connectivity index is 1.65. The number of hydrogen-bond acceptors (Lipinski definition) is 6. The number of aromatic nitrogens is 2. The lowest BCUT2D eigenvalue weighted by molar-refractivity contribution is -0.265. The molecule has 0 spiro atoms. The maximum atomic E-state index is 13.9. The molecule has 1 aromatic carbocycles. The molecule has 1 unspecified atom stereocenters. The Bertz CT molecular complexity index is 1290. The van der Waals surface area contributed by atoms with E-state index >= 15 is 0 Å². The minimum absolute atomic E-state index is 0.0166. The number of nitrogens with two attached hydrogens (primary N) is 1. The normalized spacial score (nSPS) is 23.3. The van der Waals surface area contributed by atoms with E-state index in [1.807, 2.05) is 0 Å². The molecule has 0 saturated carbocycles. The zero-order chi connectivity index (χ0) is 23.8. The Kier molecular flexibility index (Phi) is 4.82. The topological polar surface area (TPSA) is 143 Å². The molecule has 2 aliphatic carbocycles. The zero-order valence-corrected chi connectivity index (χ0v) is 18.2. The fourth-order valence-corrected chi connectivity index (χ4v) is 5.88. The first-order valence-corrected chi connectivity index (χ1v) is 12.1. The third-order valence-electron chi connectivity index (χ3n) is 6.49. The Labute approximate surface area is 187 Å². The third-order valence-corrected chi connectivity index (χ3v) is 7.47. The van der Waals surface area contributed by atoms with Crippen LogP contribution in [0, 0.1) is 4.78 Å². The summed E-state index contributed by atoms with van der Waals surface area (Å²) in [7, 11) is -3.94. The lowest BCUT2D eigenvalue weighted by Gasteiger charge is -2.30. The molecule has 0 radical (unpaired) electrons. The number of carbonyl (C=O) groups excluding carboxylic acids is 1. The van der Waals surface area contributed by atoms with Crippen LogP contribution in [0.3, 0.4) is 0 Å². The molecule has 33 heavy (non-hydrogen) atoms. The van der Waals surface area contributed by atoms with Gasteiger partial charge in [0.15, 0.2) is 16.2 Å². The van der Waals surface area contributed by atoms with Crippen LogP contribution in [0.1, 0.15) is 52.0 Å². The highest BCUT2D eigenvalue weighted by Gasteiger charge is 2.59. The van der Waals surface area contributed by atoms with Gasteiger partial charge >= 0.3 is 6.18 Å². The fourth-order valence-electron chi connectivity index (χ4n) is 5.04. The van der Waals surface area contributed by atoms with Crippen LogP contribution in [0.5, 0.6) is 5.88 Å². The predicted molar refractivity (Wildman–Crippen MR) is 110 cm³/mol. The van der Waals surface area contributed by atoms with E-state index < -0.39 is 44.6 Å². The van der Waals surface area contributed by atoms with Crippen molar-refractivity contribution < 1.29 is 32.0 Å². The van der Waals surface area contributed by atoms with Crippen LogP contribution in [0.2, 0.25) is 0 Å². The van der Waals surface area contributed by atoms with E-state index in [9.17, 15) is 27.3 Å². The van der Waals surface area contributed by atoms with Gasteiger partial charge in [0.25, 0.3) is 5.91 Å². The molecule has 13 heteroatoms. The number of hydrogen-bond donors (Lipinski definition) is 4. The summed E-state index contributed by atoms with van der Waals surface area (Å²) in [5.74, 6) is -1.01. The number of alkyl halides is 3. The molecule has 5 N–H and O–H groups in total. The molecular formula is C20H22F3N5O4S. The first-order chi connectivity index (χ1) is 15.4. The highest BCUT2D eigenvalue weighted by Crippen LogP contribution is 2.53. The van der Waals surface area contributed by atoms with E-state index in [1.165, 1.54) is 4.68 Å². The van der Waals surface area contributed by atoms with Crippen LogP contribution in [-0.4, -0.2) is 37.8 Å². The van der Waals surface area contributed by atoms with Crippen molar-refractivity contribution in [3.8, 4) is 5.88 Å². The van der Waals surface area contributed by atoms with Gasteiger partial charge < -0.3 is 15.2 Å². The van der Waals surface area contributed by atoms with Gasteiger partial charge in [-0.1, -0.05) is 6.07 Å². The third kappa shape index (κ3) is 3.32. The smallest absolute Gasteiger partial charge is 0.421 e. The molecule has 178 valence electrons. The summed E-state index contributed by atoms with van der Waals surface area (Å²) < 4.78 is 68.8. The van der Waals surface area contributed by atoms with Gasteiger partial charge in [-0.2, -0.15) is 18.3 Å². The van der Waals surface area contributed by atoms with Crippen molar-refractivity contribution in [2.45, 2.75) is 61.7 Å². The second-order valence-corrected chi connectivity index (χ2v) is 10.2. The number of benzene rings is 1. The summed E-state index contributed by atoms with van der Waals surface area (Å²) in [6, 6.07) is 1.68. The molecule has 5 rings (SSSR count). The summed E-state index contributed by atoms with van der Waals surface area (Å²) >= 11 is 0. The molecule has 1 aromatic heterocycles. The Morgan fingerprint density at radius 2 is 2.06 bits per heavy atom. The lowest BCUT2D eigenvalue weighted by atomic mass is 9.90.